The maximum Gasteiger partial charge on any atom is 0.160 e. The molecule has 4 heteroatoms. The van der Waals surface area contributed by atoms with E-state index in [4.69, 9.17) is 16.6 Å². The monoisotopic (exact) mass is 293 g/mol. The van der Waals surface area contributed by atoms with Crippen molar-refractivity contribution >= 4 is 22.8 Å². The van der Waals surface area contributed by atoms with Crippen molar-refractivity contribution in [3.8, 4) is 0 Å². The number of aromatic nitrogens is 3. The summed E-state index contributed by atoms with van der Waals surface area (Å²) < 4.78 is 2.30. The molecule has 0 aliphatic rings. The van der Waals surface area contributed by atoms with E-state index in [1.807, 2.05) is 6.20 Å². The minimum atomic E-state index is 0.406. The number of fused-ring (bicyclic) bond motifs is 1. The van der Waals surface area contributed by atoms with Crippen LogP contribution in [0, 0.1) is 12.8 Å². The lowest BCUT2D eigenvalue weighted by molar-refractivity contribution is 0.332. The summed E-state index contributed by atoms with van der Waals surface area (Å²) in [4.78, 5) is 9.36. The highest BCUT2D eigenvalue weighted by Gasteiger charge is 2.21. The predicted octanol–water partition coefficient (Wildman–Crippen LogP) is 4.52. The van der Waals surface area contributed by atoms with Crippen LogP contribution < -0.4 is 0 Å². The van der Waals surface area contributed by atoms with Gasteiger partial charge >= 0.3 is 0 Å². The summed E-state index contributed by atoms with van der Waals surface area (Å²) >= 11 is 5.95. The molecule has 0 fully saturated rings. The highest BCUT2D eigenvalue weighted by molar-refractivity contribution is 6.17. The third kappa shape index (κ3) is 2.83. The number of halogens is 1. The molecule has 2 heterocycles. The largest absolute Gasteiger partial charge is 0.310 e. The van der Waals surface area contributed by atoms with E-state index in [1.165, 1.54) is 12.8 Å². The Labute approximate surface area is 126 Å². The number of pyridine rings is 1. The van der Waals surface area contributed by atoms with Gasteiger partial charge in [-0.15, -0.1) is 11.6 Å². The summed E-state index contributed by atoms with van der Waals surface area (Å²) in [5, 5.41) is 0. The molecule has 0 aliphatic heterocycles. The van der Waals surface area contributed by atoms with Crippen molar-refractivity contribution in [1.29, 1.82) is 0 Å². The van der Waals surface area contributed by atoms with E-state index in [2.05, 4.69) is 43.3 Å². The smallest absolute Gasteiger partial charge is 0.160 e. The summed E-state index contributed by atoms with van der Waals surface area (Å²) in [6, 6.07) is 2.51. The topological polar surface area (TPSA) is 30.7 Å². The minimum Gasteiger partial charge on any atom is -0.310 e. The van der Waals surface area contributed by atoms with Crippen LogP contribution in [0.1, 0.15) is 51.0 Å². The van der Waals surface area contributed by atoms with Crippen molar-refractivity contribution in [2.75, 3.05) is 5.88 Å². The van der Waals surface area contributed by atoms with Gasteiger partial charge in [0.15, 0.2) is 5.65 Å². The molecule has 2 aromatic rings. The van der Waals surface area contributed by atoms with Crippen LogP contribution in [0.4, 0.5) is 0 Å². The van der Waals surface area contributed by atoms with Gasteiger partial charge in [0.05, 0.1) is 0 Å². The first kappa shape index (κ1) is 15.3. The molecule has 1 unspecified atom stereocenters. The minimum absolute atomic E-state index is 0.406. The van der Waals surface area contributed by atoms with Gasteiger partial charge in [0.1, 0.15) is 11.3 Å². The first-order chi connectivity index (χ1) is 9.62. The van der Waals surface area contributed by atoms with Crippen LogP contribution in [0.3, 0.4) is 0 Å². The molecule has 110 valence electrons. The second-order valence-electron chi connectivity index (χ2n) is 5.51. The van der Waals surface area contributed by atoms with E-state index in [9.17, 15) is 0 Å². The number of rotatable bonds is 6. The van der Waals surface area contributed by atoms with E-state index in [0.717, 1.165) is 29.0 Å². The van der Waals surface area contributed by atoms with E-state index >= 15 is 0 Å². The van der Waals surface area contributed by atoms with Crippen LogP contribution in [-0.2, 0) is 6.42 Å². The van der Waals surface area contributed by atoms with Gasteiger partial charge in [-0.3, -0.25) is 0 Å². The molecule has 0 amide bonds. The number of hydrogen-bond acceptors (Lipinski definition) is 2. The molecule has 0 spiro atoms. The highest BCUT2D eigenvalue weighted by Crippen LogP contribution is 2.29. The molecule has 1 atom stereocenters. The molecule has 0 N–H and O–H groups in total. The van der Waals surface area contributed by atoms with Crippen molar-refractivity contribution in [2.24, 2.45) is 5.92 Å². The van der Waals surface area contributed by atoms with Crippen molar-refractivity contribution in [1.82, 2.24) is 14.5 Å². The first-order valence-corrected chi connectivity index (χ1v) is 8.05. The maximum atomic E-state index is 5.95. The van der Waals surface area contributed by atoms with E-state index in [0.29, 0.717) is 17.8 Å². The molecule has 2 rings (SSSR count). The average molecular weight is 294 g/mol. The molecule has 3 nitrogen and oxygen atoms in total. The predicted molar refractivity (Wildman–Crippen MR) is 85.5 cm³/mol. The van der Waals surface area contributed by atoms with Gasteiger partial charge in [-0.2, -0.15) is 0 Å². The molecule has 20 heavy (non-hydrogen) atoms. The van der Waals surface area contributed by atoms with Crippen LogP contribution in [-0.4, -0.2) is 20.4 Å². The number of imidazole rings is 1. The van der Waals surface area contributed by atoms with Crippen LogP contribution >= 0.6 is 11.6 Å². The highest BCUT2D eigenvalue weighted by atomic mass is 35.5. The zero-order chi connectivity index (χ0) is 14.7. The lowest BCUT2D eigenvalue weighted by Crippen LogP contribution is -2.18. The average Bonchev–Trinajstić information content (AvgIpc) is 2.77. The lowest BCUT2D eigenvalue weighted by atomic mass is 9.95. The van der Waals surface area contributed by atoms with Gasteiger partial charge in [-0.1, -0.05) is 26.7 Å². The Balaban J connectivity index is 2.55. The Morgan fingerprint density at radius 1 is 1.30 bits per heavy atom. The fourth-order valence-corrected chi connectivity index (χ4v) is 3.17. The number of hydrogen-bond donors (Lipinski definition) is 0. The third-order valence-electron chi connectivity index (χ3n) is 4.20. The van der Waals surface area contributed by atoms with Crippen molar-refractivity contribution in [3.05, 3.63) is 23.7 Å². The fraction of sp³-hybridized carbons (Fsp3) is 0.625. The van der Waals surface area contributed by atoms with Gasteiger partial charge in [0, 0.05) is 24.5 Å². The molecule has 0 bridgehead atoms. The fourth-order valence-electron chi connectivity index (χ4n) is 3.00. The van der Waals surface area contributed by atoms with Gasteiger partial charge in [-0.05, 0) is 31.4 Å². The van der Waals surface area contributed by atoms with Gasteiger partial charge < -0.3 is 4.57 Å². The summed E-state index contributed by atoms with van der Waals surface area (Å²) in [7, 11) is 0. The molecule has 0 saturated carbocycles. The zero-order valence-corrected chi connectivity index (χ0v) is 13.6. The Morgan fingerprint density at radius 2 is 2.00 bits per heavy atom. The Kier molecular flexibility index (Phi) is 5.03. The summed E-state index contributed by atoms with van der Waals surface area (Å²) in [6.45, 7) is 8.83. The zero-order valence-electron chi connectivity index (χ0n) is 12.9. The van der Waals surface area contributed by atoms with Gasteiger partial charge in [-0.25, -0.2) is 9.97 Å². The number of aryl methyl sites for hydroxylation is 2. The van der Waals surface area contributed by atoms with E-state index < -0.39 is 0 Å². The first-order valence-electron chi connectivity index (χ1n) is 7.51. The molecular weight excluding hydrogens is 270 g/mol. The molecular formula is C16H24ClN3. The Morgan fingerprint density at radius 3 is 2.60 bits per heavy atom. The second kappa shape index (κ2) is 6.57. The third-order valence-corrected chi connectivity index (χ3v) is 4.39. The van der Waals surface area contributed by atoms with Crippen LogP contribution in [0.25, 0.3) is 11.2 Å². The van der Waals surface area contributed by atoms with Crippen LogP contribution in [0.15, 0.2) is 12.3 Å². The summed E-state index contributed by atoms with van der Waals surface area (Å²) in [6.07, 6.45) is 5.05. The molecule has 0 aliphatic carbocycles. The van der Waals surface area contributed by atoms with Crippen molar-refractivity contribution < 1.29 is 0 Å². The van der Waals surface area contributed by atoms with E-state index in [1.54, 1.807) is 0 Å². The summed E-state index contributed by atoms with van der Waals surface area (Å²) in [5.74, 6) is 2.30. The van der Waals surface area contributed by atoms with Crippen LogP contribution in [0.5, 0.6) is 0 Å². The summed E-state index contributed by atoms with van der Waals surface area (Å²) in [5.41, 5.74) is 3.13. The molecule has 0 saturated heterocycles. The Bertz CT molecular complexity index is 572. The number of nitrogens with zero attached hydrogens (tertiary/aromatic N) is 3. The number of alkyl halides is 1. The Hall–Kier alpha value is -1.09. The molecule has 0 radical (unpaired) electrons. The maximum absolute atomic E-state index is 5.95. The van der Waals surface area contributed by atoms with Crippen molar-refractivity contribution in [3.63, 3.8) is 0 Å². The second-order valence-corrected chi connectivity index (χ2v) is 5.89. The lowest BCUT2D eigenvalue weighted by Gasteiger charge is -2.24. The quantitative estimate of drug-likeness (QED) is 0.733. The van der Waals surface area contributed by atoms with Crippen molar-refractivity contribution in [2.45, 2.75) is 53.0 Å². The van der Waals surface area contributed by atoms with Gasteiger partial charge in [0.25, 0.3) is 0 Å². The molecule has 0 aromatic carbocycles. The standard InChI is InChI=1S/C16H24ClN3/c1-5-13(6-2)12(4)20-15(7-8-17)19-14-9-11(3)10-18-16(14)20/h9-10,12-13H,5-8H2,1-4H3. The SMILES string of the molecule is CCC(CC)C(C)n1c(CCCl)nc2cc(C)cnc21. The van der Waals surface area contributed by atoms with Gasteiger partial charge in [0.2, 0.25) is 0 Å². The normalized spacial score (nSPS) is 13.3. The van der Waals surface area contributed by atoms with E-state index in [-0.39, 0.29) is 0 Å². The molecule has 2 aromatic heterocycles. The van der Waals surface area contributed by atoms with Crippen LogP contribution in [0.2, 0.25) is 0 Å².